The summed E-state index contributed by atoms with van der Waals surface area (Å²) in [5, 5.41) is 9.60. The number of nitrogens with zero attached hydrogens (tertiary/aromatic N) is 2. The average molecular weight is 190 g/mol. The second kappa shape index (κ2) is 2.73. The summed E-state index contributed by atoms with van der Waals surface area (Å²) >= 11 is 0. The molecule has 71 valence electrons. The molecule has 1 N–H and O–H groups in total. The van der Waals surface area contributed by atoms with Gasteiger partial charge in [0.2, 0.25) is 0 Å². The van der Waals surface area contributed by atoms with Crippen LogP contribution in [0.1, 0.15) is 17.0 Å². The van der Waals surface area contributed by atoms with E-state index in [0.29, 0.717) is 25.2 Å². The number of H-pyrrole nitrogens is 1. The van der Waals surface area contributed by atoms with Gasteiger partial charge in [0.15, 0.2) is 5.69 Å². The zero-order chi connectivity index (χ0) is 9.47. The van der Waals surface area contributed by atoms with Crippen LogP contribution in [0.3, 0.4) is 0 Å². The average Bonchev–Trinajstić information content (AvgIpc) is 2.45. The zero-order valence-corrected chi connectivity index (χ0v) is 6.65. The van der Waals surface area contributed by atoms with Crippen LogP contribution in [-0.2, 0) is 19.1 Å². The monoisotopic (exact) mass is 190 g/mol. The van der Waals surface area contributed by atoms with Gasteiger partial charge in [0, 0.05) is 12.1 Å². The molecule has 1 aromatic rings. The third-order valence-corrected chi connectivity index (χ3v) is 2.01. The molecule has 0 amide bonds. The summed E-state index contributed by atoms with van der Waals surface area (Å²) in [6.45, 7) is 0.772. The Labute approximate surface area is 72.3 Å². The van der Waals surface area contributed by atoms with E-state index in [2.05, 4.69) is 15.5 Å². The SMILES string of the molecule is FC(F)(F)c1n[nH]c2c1CC[N]C2. The second-order valence-corrected chi connectivity index (χ2v) is 2.88. The molecule has 2 heterocycles. The molecule has 1 aromatic heterocycles. The Morgan fingerprint density at radius 1 is 1.31 bits per heavy atom. The van der Waals surface area contributed by atoms with Gasteiger partial charge in [0.25, 0.3) is 0 Å². The summed E-state index contributed by atoms with van der Waals surface area (Å²) < 4.78 is 36.9. The van der Waals surface area contributed by atoms with Crippen molar-refractivity contribution in [1.82, 2.24) is 15.5 Å². The van der Waals surface area contributed by atoms with E-state index < -0.39 is 11.9 Å². The summed E-state index contributed by atoms with van der Waals surface area (Å²) in [6, 6.07) is 0. The molecule has 1 aliphatic heterocycles. The Morgan fingerprint density at radius 3 is 2.77 bits per heavy atom. The molecular formula is C7H7F3N3. The van der Waals surface area contributed by atoms with Crippen molar-refractivity contribution in [3.8, 4) is 0 Å². The number of hydrogen-bond donors (Lipinski definition) is 1. The fourth-order valence-corrected chi connectivity index (χ4v) is 1.42. The molecule has 0 fully saturated rings. The van der Waals surface area contributed by atoms with Crippen LogP contribution in [0.5, 0.6) is 0 Å². The van der Waals surface area contributed by atoms with Gasteiger partial charge in [-0.15, -0.1) is 0 Å². The zero-order valence-electron chi connectivity index (χ0n) is 6.65. The summed E-state index contributed by atoms with van der Waals surface area (Å²) in [7, 11) is 0. The van der Waals surface area contributed by atoms with Gasteiger partial charge < -0.3 is 0 Å². The van der Waals surface area contributed by atoms with Gasteiger partial charge in [0.1, 0.15) is 0 Å². The number of alkyl halides is 3. The first kappa shape index (κ1) is 8.55. The van der Waals surface area contributed by atoms with Crippen molar-refractivity contribution in [3.63, 3.8) is 0 Å². The first-order chi connectivity index (χ1) is 6.09. The maximum atomic E-state index is 12.3. The molecule has 1 radical (unpaired) electrons. The third-order valence-electron chi connectivity index (χ3n) is 2.01. The molecule has 0 unspecified atom stereocenters. The Bertz CT molecular complexity index is 315. The van der Waals surface area contributed by atoms with E-state index in [1.807, 2.05) is 0 Å². The van der Waals surface area contributed by atoms with Crippen LogP contribution in [0.4, 0.5) is 13.2 Å². The lowest BCUT2D eigenvalue weighted by Crippen LogP contribution is -2.19. The van der Waals surface area contributed by atoms with E-state index in [9.17, 15) is 13.2 Å². The predicted octanol–water partition coefficient (Wildman–Crippen LogP) is 1.09. The number of aromatic amines is 1. The largest absolute Gasteiger partial charge is 0.435 e. The molecule has 13 heavy (non-hydrogen) atoms. The predicted molar refractivity (Wildman–Crippen MR) is 38.0 cm³/mol. The minimum Gasteiger partial charge on any atom is -0.280 e. The van der Waals surface area contributed by atoms with Crippen LogP contribution in [0.15, 0.2) is 0 Å². The van der Waals surface area contributed by atoms with Crippen LogP contribution in [0, 0.1) is 0 Å². The van der Waals surface area contributed by atoms with E-state index in [1.54, 1.807) is 0 Å². The number of fused-ring (bicyclic) bond motifs is 1. The van der Waals surface area contributed by atoms with Crippen molar-refractivity contribution >= 4 is 0 Å². The first-order valence-electron chi connectivity index (χ1n) is 3.85. The van der Waals surface area contributed by atoms with Gasteiger partial charge in [-0.05, 0) is 6.42 Å². The normalized spacial score (nSPS) is 17.2. The van der Waals surface area contributed by atoms with E-state index in [1.165, 1.54) is 0 Å². The molecule has 0 aliphatic carbocycles. The number of rotatable bonds is 0. The van der Waals surface area contributed by atoms with E-state index in [4.69, 9.17) is 0 Å². The fourth-order valence-electron chi connectivity index (χ4n) is 1.42. The van der Waals surface area contributed by atoms with Crippen LogP contribution in [-0.4, -0.2) is 16.7 Å². The number of aromatic nitrogens is 2. The summed E-state index contributed by atoms with van der Waals surface area (Å²) in [5.74, 6) is 0. The van der Waals surface area contributed by atoms with Crippen molar-refractivity contribution < 1.29 is 13.2 Å². The molecule has 6 heteroatoms. The van der Waals surface area contributed by atoms with Crippen molar-refractivity contribution in [3.05, 3.63) is 17.0 Å². The Balaban J connectivity index is 2.43. The summed E-state index contributed by atoms with van der Waals surface area (Å²) in [4.78, 5) is 0. The minimum atomic E-state index is -4.35. The minimum absolute atomic E-state index is 0.280. The Kier molecular flexibility index (Phi) is 1.80. The van der Waals surface area contributed by atoms with Gasteiger partial charge in [-0.2, -0.15) is 18.3 Å². The van der Waals surface area contributed by atoms with Crippen LogP contribution in [0.25, 0.3) is 0 Å². The second-order valence-electron chi connectivity index (χ2n) is 2.88. The van der Waals surface area contributed by atoms with Crippen LogP contribution in [0.2, 0.25) is 0 Å². The molecule has 0 saturated carbocycles. The van der Waals surface area contributed by atoms with Crippen LogP contribution < -0.4 is 5.32 Å². The van der Waals surface area contributed by atoms with Crippen molar-refractivity contribution in [2.45, 2.75) is 19.1 Å². The smallest absolute Gasteiger partial charge is 0.280 e. The maximum Gasteiger partial charge on any atom is 0.435 e. The van der Waals surface area contributed by atoms with E-state index in [0.717, 1.165) is 0 Å². The highest BCUT2D eigenvalue weighted by atomic mass is 19.4. The molecular weight excluding hydrogens is 183 g/mol. The molecule has 1 aliphatic rings. The van der Waals surface area contributed by atoms with Crippen molar-refractivity contribution in [1.29, 1.82) is 0 Å². The topological polar surface area (TPSA) is 42.8 Å². The van der Waals surface area contributed by atoms with Gasteiger partial charge >= 0.3 is 6.18 Å². The third kappa shape index (κ3) is 1.41. The van der Waals surface area contributed by atoms with Gasteiger partial charge in [-0.25, -0.2) is 5.32 Å². The molecule has 2 rings (SSSR count). The molecule has 0 aromatic carbocycles. The van der Waals surface area contributed by atoms with Gasteiger partial charge in [-0.1, -0.05) is 0 Å². The molecule has 0 spiro atoms. The lowest BCUT2D eigenvalue weighted by molar-refractivity contribution is -0.141. The van der Waals surface area contributed by atoms with Crippen molar-refractivity contribution in [2.24, 2.45) is 0 Å². The van der Waals surface area contributed by atoms with Gasteiger partial charge in [0.05, 0.1) is 12.2 Å². The lowest BCUT2D eigenvalue weighted by atomic mass is 10.1. The maximum absolute atomic E-state index is 12.3. The number of halogens is 3. The van der Waals surface area contributed by atoms with Crippen molar-refractivity contribution in [2.75, 3.05) is 6.54 Å². The first-order valence-corrected chi connectivity index (χ1v) is 3.85. The highest BCUT2D eigenvalue weighted by Gasteiger charge is 2.38. The highest BCUT2D eigenvalue weighted by molar-refractivity contribution is 5.29. The van der Waals surface area contributed by atoms with E-state index in [-0.39, 0.29) is 5.56 Å². The lowest BCUT2D eigenvalue weighted by Gasteiger charge is -2.12. The quantitative estimate of drug-likeness (QED) is 0.653. The molecule has 0 saturated heterocycles. The Hall–Kier alpha value is -1.04. The molecule has 0 bridgehead atoms. The van der Waals surface area contributed by atoms with Gasteiger partial charge in [-0.3, -0.25) is 5.10 Å². The summed E-state index contributed by atoms with van der Waals surface area (Å²) in [5.41, 5.74) is -0.00141. The number of hydrogen-bond acceptors (Lipinski definition) is 1. The fraction of sp³-hybridized carbons (Fsp3) is 0.571. The number of nitrogens with one attached hydrogen (secondary N) is 1. The molecule has 0 atom stereocenters. The molecule has 3 nitrogen and oxygen atoms in total. The Morgan fingerprint density at radius 2 is 2.08 bits per heavy atom. The standard InChI is InChI=1S/C7H7F3N3/c8-7(9,10)6-4-1-2-11-3-5(4)12-13-6/h1-3H2,(H,12,13). The highest BCUT2D eigenvalue weighted by Crippen LogP contribution is 2.32. The summed E-state index contributed by atoms with van der Waals surface area (Å²) in [6.07, 6.45) is -4.01. The van der Waals surface area contributed by atoms with Crippen LogP contribution >= 0.6 is 0 Å². The van der Waals surface area contributed by atoms with E-state index >= 15 is 0 Å².